The summed E-state index contributed by atoms with van der Waals surface area (Å²) in [6.07, 6.45) is 3.83. The Hall–Kier alpha value is -3.09. The molecule has 1 atom stereocenters. The summed E-state index contributed by atoms with van der Waals surface area (Å²) in [4.78, 5) is 28.0. The Balaban J connectivity index is 1.35. The lowest BCUT2D eigenvalue weighted by molar-refractivity contribution is -0.116. The van der Waals surface area contributed by atoms with Crippen LogP contribution < -0.4 is 10.1 Å². The molecule has 2 heterocycles. The number of amides is 2. The van der Waals surface area contributed by atoms with Crippen LogP contribution in [0.3, 0.4) is 0 Å². The van der Waals surface area contributed by atoms with Crippen molar-refractivity contribution in [1.82, 2.24) is 4.90 Å². The Kier molecular flexibility index (Phi) is 8.26. The molecule has 2 aliphatic rings. The topological polar surface area (TPSA) is 101 Å². The number of methoxy groups -OCH3 is 1. The fourth-order valence-electron chi connectivity index (χ4n) is 4.58. The molecular weight excluding hydrogens is 466 g/mol. The minimum absolute atomic E-state index is 0.135. The number of hydrogen-bond donors (Lipinski definition) is 1. The van der Waals surface area contributed by atoms with Gasteiger partial charge in [0.15, 0.2) is 0 Å². The summed E-state index contributed by atoms with van der Waals surface area (Å²) in [7, 11) is 3.40. The van der Waals surface area contributed by atoms with Gasteiger partial charge in [-0.3, -0.25) is 4.79 Å². The quantitative estimate of drug-likeness (QED) is 0.612. The van der Waals surface area contributed by atoms with E-state index in [0.717, 1.165) is 34.6 Å². The van der Waals surface area contributed by atoms with Gasteiger partial charge in [-0.15, -0.1) is 11.3 Å². The smallest absolute Gasteiger partial charge is 0.410 e. The van der Waals surface area contributed by atoms with Gasteiger partial charge in [0.05, 0.1) is 12.7 Å². The number of nitrogens with one attached hydrogen (secondary N) is 1. The van der Waals surface area contributed by atoms with Gasteiger partial charge in [0.25, 0.3) is 0 Å². The molecule has 1 unspecified atom stereocenters. The first-order valence-corrected chi connectivity index (χ1v) is 12.8. The van der Waals surface area contributed by atoms with Gasteiger partial charge in [0.1, 0.15) is 22.9 Å². The molecule has 186 valence electrons. The highest BCUT2D eigenvalue weighted by molar-refractivity contribution is 7.16. The number of nitriles is 1. The summed E-state index contributed by atoms with van der Waals surface area (Å²) < 4.78 is 16.4. The van der Waals surface area contributed by atoms with Gasteiger partial charge in [-0.25, -0.2) is 4.79 Å². The molecule has 0 saturated carbocycles. The van der Waals surface area contributed by atoms with Gasteiger partial charge in [0, 0.05) is 44.0 Å². The van der Waals surface area contributed by atoms with Crippen molar-refractivity contribution in [2.24, 2.45) is 0 Å². The van der Waals surface area contributed by atoms with E-state index in [1.54, 1.807) is 19.1 Å². The Morgan fingerprint density at radius 2 is 2.09 bits per heavy atom. The number of carbonyl (C=O) groups excluding carboxylic acids is 2. The van der Waals surface area contributed by atoms with E-state index in [4.69, 9.17) is 14.2 Å². The van der Waals surface area contributed by atoms with Crippen LogP contribution in [0.5, 0.6) is 5.75 Å². The van der Waals surface area contributed by atoms with E-state index in [0.29, 0.717) is 55.9 Å². The number of fused-ring (bicyclic) bond motifs is 1. The standard InChI is InChI=1S/C26H31N3O5S/c1-29(18-10-12-33-13-11-18)26(31)34-20-7-8-21-22(16-27)25(35-23(21)15-20)28-24(30)9-6-17-4-3-5-19(14-17)32-2/h3-5,14,18,20H,6-13,15H2,1-2H3,(H,28,30). The summed E-state index contributed by atoms with van der Waals surface area (Å²) in [5.74, 6) is 0.624. The van der Waals surface area contributed by atoms with E-state index in [1.807, 2.05) is 24.3 Å². The number of nitrogens with zero attached hydrogens (tertiary/aromatic N) is 2. The fourth-order valence-corrected chi connectivity index (χ4v) is 5.86. The van der Waals surface area contributed by atoms with E-state index in [2.05, 4.69) is 11.4 Å². The van der Waals surface area contributed by atoms with Crippen molar-refractivity contribution in [3.63, 3.8) is 0 Å². The second-order valence-electron chi connectivity index (χ2n) is 8.92. The van der Waals surface area contributed by atoms with E-state index in [9.17, 15) is 14.9 Å². The van der Waals surface area contributed by atoms with Crippen molar-refractivity contribution in [2.45, 2.75) is 57.1 Å². The zero-order valence-electron chi connectivity index (χ0n) is 20.2. The van der Waals surface area contributed by atoms with Gasteiger partial charge in [-0.05, 0) is 55.4 Å². The zero-order valence-corrected chi connectivity index (χ0v) is 21.0. The molecule has 1 aromatic heterocycles. The predicted octanol–water partition coefficient (Wildman–Crippen LogP) is 4.30. The maximum atomic E-state index is 12.7. The Morgan fingerprint density at radius 1 is 1.29 bits per heavy atom. The normalized spacial score (nSPS) is 17.7. The highest BCUT2D eigenvalue weighted by atomic mass is 32.1. The Bertz CT molecular complexity index is 1100. The molecule has 0 radical (unpaired) electrons. The number of carbonyl (C=O) groups is 2. The van der Waals surface area contributed by atoms with Crippen LogP contribution in [0.1, 0.15) is 47.3 Å². The zero-order chi connectivity index (χ0) is 24.8. The molecule has 9 heteroatoms. The number of anilines is 1. The second kappa shape index (κ2) is 11.6. The van der Waals surface area contributed by atoms with Crippen LogP contribution >= 0.6 is 11.3 Å². The van der Waals surface area contributed by atoms with Crippen LogP contribution in [0.2, 0.25) is 0 Å². The molecule has 1 fully saturated rings. The predicted molar refractivity (Wildman–Crippen MR) is 133 cm³/mol. The third-order valence-electron chi connectivity index (χ3n) is 6.65. The lowest BCUT2D eigenvalue weighted by atomic mass is 9.94. The number of aryl methyl sites for hydroxylation is 1. The van der Waals surface area contributed by atoms with E-state index >= 15 is 0 Å². The molecule has 1 aromatic carbocycles. The lowest BCUT2D eigenvalue weighted by Gasteiger charge is -2.32. The maximum Gasteiger partial charge on any atom is 0.410 e. The number of ether oxygens (including phenoxy) is 3. The maximum absolute atomic E-state index is 12.7. The molecule has 2 aromatic rings. The van der Waals surface area contributed by atoms with Crippen LogP contribution in [-0.4, -0.2) is 56.4 Å². The monoisotopic (exact) mass is 497 g/mol. The Morgan fingerprint density at radius 3 is 2.83 bits per heavy atom. The average Bonchev–Trinajstić information content (AvgIpc) is 3.23. The van der Waals surface area contributed by atoms with E-state index in [1.165, 1.54) is 11.3 Å². The second-order valence-corrected chi connectivity index (χ2v) is 10.0. The lowest BCUT2D eigenvalue weighted by Crippen LogP contribution is -2.42. The molecule has 0 bridgehead atoms. The van der Waals surface area contributed by atoms with Crippen molar-refractivity contribution in [2.75, 3.05) is 32.7 Å². The first-order valence-electron chi connectivity index (χ1n) is 12.0. The third-order valence-corrected chi connectivity index (χ3v) is 7.82. The van der Waals surface area contributed by atoms with Crippen molar-refractivity contribution < 1.29 is 23.8 Å². The summed E-state index contributed by atoms with van der Waals surface area (Å²) in [6, 6.07) is 10.0. The molecule has 0 spiro atoms. The van der Waals surface area contributed by atoms with Crippen LogP contribution in [0.25, 0.3) is 0 Å². The minimum atomic E-state index is -0.312. The SMILES string of the molecule is COc1cccc(CCC(=O)Nc2sc3c(c2C#N)CCC(OC(=O)N(C)C2CCOCC2)C3)c1. The highest BCUT2D eigenvalue weighted by Crippen LogP contribution is 2.38. The summed E-state index contributed by atoms with van der Waals surface area (Å²) >= 11 is 1.41. The molecule has 2 amide bonds. The molecule has 1 N–H and O–H groups in total. The van der Waals surface area contributed by atoms with E-state index < -0.39 is 0 Å². The van der Waals surface area contributed by atoms with Crippen molar-refractivity contribution in [3.05, 3.63) is 45.8 Å². The third kappa shape index (κ3) is 6.13. The van der Waals surface area contributed by atoms with Gasteiger partial charge < -0.3 is 24.4 Å². The molecule has 35 heavy (non-hydrogen) atoms. The van der Waals surface area contributed by atoms with Crippen LogP contribution in [0.4, 0.5) is 9.80 Å². The minimum Gasteiger partial charge on any atom is -0.497 e. The van der Waals surface area contributed by atoms with Crippen molar-refractivity contribution in [1.29, 1.82) is 5.26 Å². The first kappa shape index (κ1) is 25.0. The van der Waals surface area contributed by atoms with Crippen molar-refractivity contribution in [3.8, 4) is 11.8 Å². The summed E-state index contributed by atoms with van der Waals surface area (Å²) in [6.45, 7) is 1.32. The van der Waals surface area contributed by atoms with Gasteiger partial charge >= 0.3 is 6.09 Å². The number of benzene rings is 1. The molecule has 1 aliphatic carbocycles. The first-order chi connectivity index (χ1) is 17.0. The van der Waals surface area contributed by atoms with Gasteiger partial charge in [0.2, 0.25) is 5.91 Å². The van der Waals surface area contributed by atoms with E-state index in [-0.39, 0.29) is 24.1 Å². The summed E-state index contributed by atoms with van der Waals surface area (Å²) in [5, 5.41) is 13.3. The summed E-state index contributed by atoms with van der Waals surface area (Å²) in [5.41, 5.74) is 2.51. The average molecular weight is 498 g/mol. The number of hydrogen-bond acceptors (Lipinski definition) is 7. The van der Waals surface area contributed by atoms with Gasteiger partial charge in [-0.1, -0.05) is 12.1 Å². The van der Waals surface area contributed by atoms with Crippen LogP contribution in [0, 0.1) is 11.3 Å². The molecular formula is C26H31N3O5S. The van der Waals surface area contributed by atoms with Gasteiger partial charge in [-0.2, -0.15) is 5.26 Å². The molecule has 1 saturated heterocycles. The Labute approximate surface area is 209 Å². The van der Waals surface area contributed by atoms with Crippen LogP contribution in [0.15, 0.2) is 24.3 Å². The molecule has 4 rings (SSSR count). The molecule has 1 aliphatic heterocycles. The highest BCUT2D eigenvalue weighted by Gasteiger charge is 2.31. The number of rotatable bonds is 7. The fraction of sp³-hybridized carbons (Fsp3) is 0.500. The number of thiophene rings is 1. The largest absolute Gasteiger partial charge is 0.497 e. The molecule has 8 nitrogen and oxygen atoms in total. The van der Waals surface area contributed by atoms with Crippen molar-refractivity contribution >= 4 is 28.3 Å². The van der Waals surface area contributed by atoms with Crippen LogP contribution in [-0.2, 0) is 33.5 Å².